The van der Waals surface area contributed by atoms with Gasteiger partial charge in [0.05, 0.1) is 18.9 Å². The van der Waals surface area contributed by atoms with Gasteiger partial charge >= 0.3 is 5.97 Å². The third-order valence-electron chi connectivity index (χ3n) is 5.38. The summed E-state index contributed by atoms with van der Waals surface area (Å²) >= 11 is 5.85. The lowest BCUT2D eigenvalue weighted by Gasteiger charge is -2.10. The van der Waals surface area contributed by atoms with E-state index in [0.29, 0.717) is 28.3 Å². The van der Waals surface area contributed by atoms with Gasteiger partial charge in [0.15, 0.2) is 11.5 Å². The van der Waals surface area contributed by atoms with E-state index in [1.807, 2.05) is 0 Å². The van der Waals surface area contributed by atoms with Crippen molar-refractivity contribution in [3.63, 3.8) is 0 Å². The van der Waals surface area contributed by atoms with E-state index < -0.39 is 5.97 Å². The molecule has 2 rings (SSSR count). The molecule has 34 heavy (non-hydrogen) atoms. The maximum Gasteiger partial charge on any atom is 0.343 e. The summed E-state index contributed by atoms with van der Waals surface area (Å²) < 4.78 is 10.8. The molecular weight excluding hydrogens is 452 g/mol. The van der Waals surface area contributed by atoms with Crippen LogP contribution in [0.15, 0.2) is 47.6 Å². The molecule has 6 nitrogen and oxygen atoms in total. The first-order valence-electron chi connectivity index (χ1n) is 12.0. The second-order valence-corrected chi connectivity index (χ2v) is 8.61. The topological polar surface area (TPSA) is 77.0 Å². The van der Waals surface area contributed by atoms with Gasteiger partial charge in [-0.05, 0) is 54.4 Å². The molecule has 0 aromatic heterocycles. The number of unbranched alkanes of at least 4 members (excludes halogenated alkanes) is 8. The van der Waals surface area contributed by atoms with Gasteiger partial charge in [0.2, 0.25) is 5.91 Å². The highest BCUT2D eigenvalue weighted by molar-refractivity contribution is 6.30. The van der Waals surface area contributed by atoms with Crippen molar-refractivity contribution in [2.75, 3.05) is 7.11 Å². The summed E-state index contributed by atoms with van der Waals surface area (Å²) in [5.74, 6) is 0.0566. The van der Waals surface area contributed by atoms with Gasteiger partial charge in [0.1, 0.15) is 0 Å². The summed E-state index contributed by atoms with van der Waals surface area (Å²) in [6.45, 7) is 2.23. The Balaban J connectivity index is 1.73. The zero-order chi connectivity index (χ0) is 24.6. The molecule has 0 radical (unpaired) electrons. The fraction of sp³-hybridized carbons (Fsp3) is 0.444. The zero-order valence-corrected chi connectivity index (χ0v) is 20.9. The molecule has 0 fully saturated rings. The van der Waals surface area contributed by atoms with Crippen molar-refractivity contribution < 1.29 is 19.1 Å². The monoisotopic (exact) mass is 486 g/mol. The number of nitrogens with one attached hydrogen (secondary N) is 1. The van der Waals surface area contributed by atoms with Gasteiger partial charge < -0.3 is 9.47 Å². The van der Waals surface area contributed by atoms with E-state index >= 15 is 0 Å². The molecule has 184 valence electrons. The number of hydrazone groups is 1. The molecular formula is C27H35ClN2O4. The van der Waals surface area contributed by atoms with Gasteiger partial charge in [0, 0.05) is 11.4 Å². The number of amides is 1. The van der Waals surface area contributed by atoms with Crippen molar-refractivity contribution in [1.82, 2.24) is 5.43 Å². The van der Waals surface area contributed by atoms with E-state index in [1.165, 1.54) is 58.3 Å². The third kappa shape index (κ3) is 10.4. The lowest BCUT2D eigenvalue weighted by molar-refractivity contribution is -0.121. The highest BCUT2D eigenvalue weighted by atomic mass is 35.5. The molecule has 0 saturated heterocycles. The predicted molar refractivity (Wildman–Crippen MR) is 137 cm³/mol. The summed E-state index contributed by atoms with van der Waals surface area (Å²) in [6.07, 6.45) is 12.9. The van der Waals surface area contributed by atoms with Gasteiger partial charge in [-0.25, -0.2) is 10.2 Å². The van der Waals surface area contributed by atoms with E-state index in [0.717, 1.165) is 12.8 Å². The molecule has 0 aliphatic rings. The third-order valence-corrected chi connectivity index (χ3v) is 5.63. The fourth-order valence-corrected chi connectivity index (χ4v) is 3.55. The molecule has 0 spiro atoms. The van der Waals surface area contributed by atoms with Crippen LogP contribution in [-0.2, 0) is 4.79 Å². The summed E-state index contributed by atoms with van der Waals surface area (Å²) in [7, 11) is 1.49. The molecule has 7 heteroatoms. The number of methoxy groups -OCH3 is 1. The number of halogens is 1. The number of nitrogens with zero attached hydrogens (tertiary/aromatic N) is 1. The summed E-state index contributed by atoms with van der Waals surface area (Å²) in [4.78, 5) is 24.3. The van der Waals surface area contributed by atoms with E-state index in [2.05, 4.69) is 17.5 Å². The highest BCUT2D eigenvalue weighted by Gasteiger charge is 2.13. The van der Waals surface area contributed by atoms with E-state index in [4.69, 9.17) is 21.1 Å². The first-order chi connectivity index (χ1) is 16.5. The molecule has 0 heterocycles. The highest BCUT2D eigenvalue weighted by Crippen LogP contribution is 2.28. The standard InChI is InChI=1S/C27H35ClN2O4/c1-3-4-5-6-7-8-9-10-11-12-26(31)30-29-20-21-13-18-24(25(19-21)33-2)34-27(32)22-14-16-23(28)17-15-22/h13-20H,3-12H2,1-2H3,(H,30,31). The Hall–Kier alpha value is -2.86. The van der Waals surface area contributed by atoms with Crippen molar-refractivity contribution in [2.24, 2.45) is 5.10 Å². The molecule has 2 aromatic carbocycles. The lowest BCUT2D eigenvalue weighted by Crippen LogP contribution is -2.16. The number of carbonyl (C=O) groups excluding carboxylic acids is 2. The van der Waals surface area contributed by atoms with Crippen molar-refractivity contribution in [1.29, 1.82) is 0 Å². The van der Waals surface area contributed by atoms with Crippen LogP contribution in [-0.4, -0.2) is 25.2 Å². The van der Waals surface area contributed by atoms with Crippen LogP contribution in [0.4, 0.5) is 0 Å². The Morgan fingerprint density at radius 3 is 2.21 bits per heavy atom. The smallest absolute Gasteiger partial charge is 0.343 e. The largest absolute Gasteiger partial charge is 0.493 e. The van der Waals surface area contributed by atoms with E-state index in [-0.39, 0.29) is 11.7 Å². The quantitative estimate of drug-likeness (QED) is 0.0972. The Bertz CT molecular complexity index is 929. The van der Waals surface area contributed by atoms with Gasteiger partial charge in [-0.1, -0.05) is 69.9 Å². The number of carbonyl (C=O) groups is 2. The molecule has 1 amide bonds. The first-order valence-corrected chi connectivity index (χ1v) is 12.4. The summed E-state index contributed by atoms with van der Waals surface area (Å²) in [5, 5.41) is 4.56. The number of rotatable bonds is 15. The van der Waals surface area contributed by atoms with Crippen molar-refractivity contribution >= 4 is 29.7 Å². The van der Waals surface area contributed by atoms with Crippen LogP contribution in [0.5, 0.6) is 11.5 Å². The fourth-order valence-electron chi connectivity index (χ4n) is 3.42. The number of esters is 1. The lowest BCUT2D eigenvalue weighted by atomic mass is 10.1. The number of benzene rings is 2. The normalized spacial score (nSPS) is 10.9. The molecule has 0 aliphatic carbocycles. The van der Waals surface area contributed by atoms with E-state index in [1.54, 1.807) is 42.5 Å². The molecule has 0 bridgehead atoms. The molecule has 0 unspecified atom stereocenters. The SMILES string of the molecule is CCCCCCCCCCCC(=O)NN=Cc1ccc(OC(=O)c2ccc(Cl)cc2)c(OC)c1. The van der Waals surface area contributed by atoms with Gasteiger partial charge in [-0.15, -0.1) is 0 Å². The number of ether oxygens (including phenoxy) is 2. The van der Waals surface area contributed by atoms with Crippen LogP contribution in [0.25, 0.3) is 0 Å². The molecule has 2 aromatic rings. The van der Waals surface area contributed by atoms with Crippen LogP contribution in [0.2, 0.25) is 5.02 Å². The Morgan fingerprint density at radius 2 is 1.56 bits per heavy atom. The van der Waals surface area contributed by atoms with Crippen molar-refractivity contribution in [3.05, 3.63) is 58.6 Å². The Kier molecular flexibility index (Phi) is 12.8. The summed E-state index contributed by atoms with van der Waals surface area (Å²) in [6, 6.07) is 11.5. The second-order valence-electron chi connectivity index (χ2n) is 8.18. The maximum atomic E-state index is 12.3. The van der Waals surface area contributed by atoms with Gasteiger partial charge in [-0.3, -0.25) is 4.79 Å². The van der Waals surface area contributed by atoms with Gasteiger partial charge in [0.25, 0.3) is 0 Å². The molecule has 1 N–H and O–H groups in total. The van der Waals surface area contributed by atoms with Crippen molar-refractivity contribution in [3.8, 4) is 11.5 Å². The van der Waals surface area contributed by atoms with Crippen LogP contribution in [0.3, 0.4) is 0 Å². The molecule has 0 aliphatic heterocycles. The minimum Gasteiger partial charge on any atom is -0.493 e. The zero-order valence-electron chi connectivity index (χ0n) is 20.1. The molecule has 0 atom stereocenters. The summed E-state index contributed by atoms with van der Waals surface area (Å²) in [5.41, 5.74) is 3.64. The Labute approximate surface area is 207 Å². The second kappa shape index (κ2) is 15.9. The Morgan fingerprint density at radius 1 is 0.912 bits per heavy atom. The van der Waals surface area contributed by atoms with E-state index in [9.17, 15) is 9.59 Å². The molecule has 0 saturated carbocycles. The van der Waals surface area contributed by atoms with Crippen LogP contribution >= 0.6 is 11.6 Å². The van der Waals surface area contributed by atoms with Crippen LogP contribution < -0.4 is 14.9 Å². The minimum absolute atomic E-state index is 0.0975. The van der Waals surface area contributed by atoms with Crippen molar-refractivity contribution in [2.45, 2.75) is 71.1 Å². The average Bonchev–Trinajstić information content (AvgIpc) is 2.84. The first kappa shape index (κ1) is 27.4. The number of hydrogen-bond acceptors (Lipinski definition) is 5. The van der Waals surface area contributed by atoms with Crippen LogP contribution in [0, 0.1) is 0 Å². The maximum absolute atomic E-state index is 12.3. The predicted octanol–water partition coefficient (Wildman–Crippen LogP) is 6.94. The number of hydrogen-bond donors (Lipinski definition) is 1. The van der Waals surface area contributed by atoms with Gasteiger partial charge in [-0.2, -0.15) is 5.10 Å². The van der Waals surface area contributed by atoms with Crippen LogP contribution in [0.1, 0.15) is 87.1 Å². The average molecular weight is 487 g/mol. The minimum atomic E-state index is -0.514.